The molecule has 3 rings (SSSR count). The first-order chi connectivity index (χ1) is 13.6. The van der Waals surface area contributed by atoms with E-state index in [2.05, 4.69) is 26.0 Å². The first-order valence-corrected chi connectivity index (χ1v) is 11.5. The largest absolute Gasteiger partial charge is 0.203 e. The second kappa shape index (κ2) is 10.4. The molecule has 0 N–H and O–H groups in total. The van der Waals surface area contributed by atoms with E-state index >= 15 is 0 Å². The van der Waals surface area contributed by atoms with E-state index in [4.69, 9.17) is 0 Å². The lowest BCUT2D eigenvalue weighted by atomic mass is 9.82. The van der Waals surface area contributed by atoms with Crippen LogP contribution in [0.3, 0.4) is 0 Å². The molecule has 0 bridgehead atoms. The molecule has 2 atom stereocenters. The van der Waals surface area contributed by atoms with Gasteiger partial charge in [-0.2, -0.15) is 0 Å². The van der Waals surface area contributed by atoms with Crippen LogP contribution in [0.5, 0.6) is 0 Å². The predicted molar refractivity (Wildman–Crippen MR) is 116 cm³/mol. The van der Waals surface area contributed by atoms with E-state index in [0.29, 0.717) is 23.0 Å². The van der Waals surface area contributed by atoms with Gasteiger partial charge >= 0.3 is 0 Å². The summed E-state index contributed by atoms with van der Waals surface area (Å²) in [7, 11) is 0. The third-order valence-electron chi connectivity index (χ3n) is 6.75. The molecule has 0 amide bonds. The highest BCUT2D eigenvalue weighted by molar-refractivity contribution is 5.72. The Morgan fingerprint density at radius 3 is 1.50 bits per heavy atom. The van der Waals surface area contributed by atoms with Crippen LogP contribution in [-0.4, -0.2) is 0 Å². The number of benzene rings is 1. The van der Waals surface area contributed by atoms with Crippen molar-refractivity contribution in [1.82, 2.24) is 0 Å². The van der Waals surface area contributed by atoms with Crippen molar-refractivity contribution in [2.75, 3.05) is 0 Å². The minimum absolute atomic E-state index is 0.479. The van der Waals surface area contributed by atoms with Gasteiger partial charge in [0, 0.05) is 11.1 Å². The van der Waals surface area contributed by atoms with Gasteiger partial charge in [0.1, 0.15) is 0 Å². The van der Waals surface area contributed by atoms with Crippen molar-refractivity contribution in [1.29, 1.82) is 0 Å². The highest BCUT2D eigenvalue weighted by Gasteiger charge is 2.23. The van der Waals surface area contributed by atoms with Crippen molar-refractivity contribution in [3.05, 3.63) is 47.0 Å². The lowest BCUT2D eigenvalue weighted by Gasteiger charge is -2.24. The molecule has 0 saturated carbocycles. The van der Waals surface area contributed by atoms with Gasteiger partial charge in [0.2, 0.25) is 0 Å². The Kier molecular flexibility index (Phi) is 7.88. The molecule has 1 aromatic carbocycles. The Morgan fingerprint density at radius 1 is 0.750 bits per heavy atom. The van der Waals surface area contributed by atoms with Gasteiger partial charge in [0.15, 0.2) is 11.6 Å². The molecule has 0 heterocycles. The average Bonchev–Trinajstić information content (AvgIpc) is 2.73. The molecule has 2 aliphatic carbocycles. The molecule has 0 spiro atoms. The first kappa shape index (κ1) is 21.3. The average molecular weight is 387 g/mol. The first-order valence-electron chi connectivity index (χ1n) is 11.5. The second-order valence-corrected chi connectivity index (χ2v) is 8.81. The number of hydrogen-bond donors (Lipinski definition) is 0. The van der Waals surface area contributed by atoms with E-state index in [0.717, 1.165) is 49.7 Å². The molecule has 0 aromatic heterocycles. The summed E-state index contributed by atoms with van der Waals surface area (Å²) in [4.78, 5) is 0. The van der Waals surface area contributed by atoms with Gasteiger partial charge in [-0.25, -0.2) is 8.78 Å². The lowest BCUT2D eigenvalue weighted by Crippen LogP contribution is -2.09. The monoisotopic (exact) mass is 386 g/mol. The molecule has 0 saturated heterocycles. The fraction of sp³-hybridized carbons (Fsp3) is 0.615. The molecule has 28 heavy (non-hydrogen) atoms. The van der Waals surface area contributed by atoms with Gasteiger partial charge in [-0.05, 0) is 61.5 Å². The van der Waals surface area contributed by atoms with Crippen molar-refractivity contribution in [3.8, 4) is 0 Å². The van der Waals surface area contributed by atoms with Gasteiger partial charge in [-0.3, -0.25) is 0 Å². The lowest BCUT2D eigenvalue weighted by molar-refractivity contribution is 0.431. The molecule has 0 aliphatic heterocycles. The number of allylic oxidation sites excluding steroid dienone is 4. The predicted octanol–water partition coefficient (Wildman–Crippen LogP) is 8.71. The van der Waals surface area contributed by atoms with Crippen molar-refractivity contribution in [3.63, 3.8) is 0 Å². The third kappa shape index (κ3) is 5.13. The molecular formula is C26H36F2. The van der Waals surface area contributed by atoms with Gasteiger partial charge in [0.25, 0.3) is 0 Å². The minimum atomic E-state index is -0.648. The smallest absolute Gasteiger partial charge is 0.166 e. The Labute approximate surface area is 170 Å². The summed E-state index contributed by atoms with van der Waals surface area (Å²) in [6.07, 6.45) is 17.7. The van der Waals surface area contributed by atoms with Crippen LogP contribution < -0.4 is 0 Å². The van der Waals surface area contributed by atoms with E-state index < -0.39 is 11.6 Å². The maximum absolute atomic E-state index is 14.9. The van der Waals surface area contributed by atoms with Crippen molar-refractivity contribution < 1.29 is 8.78 Å². The summed E-state index contributed by atoms with van der Waals surface area (Å²) in [6.45, 7) is 4.44. The molecule has 0 nitrogen and oxygen atoms in total. The van der Waals surface area contributed by atoms with Crippen LogP contribution in [0.2, 0.25) is 0 Å². The molecule has 0 fully saturated rings. The van der Waals surface area contributed by atoms with Gasteiger partial charge in [-0.15, -0.1) is 0 Å². The summed E-state index contributed by atoms with van der Waals surface area (Å²) in [5.41, 5.74) is 2.95. The standard InChI is InChI=1S/C26H36F2/c1-3-5-7-19-9-13-21(14-10-19)23-17-18-24(26(28)25(23)27)22-15-11-20(12-16-22)8-6-4-2/h13,15,17-20H,3-12,14,16H2,1-2H3. The summed E-state index contributed by atoms with van der Waals surface area (Å²) in [5, 5.41) is 0. The highest BCUT2D eigenvalue weighted by Crippen LogP contribution is 2.38. The number of unbranched alkanes of at least 4 members (excludes halogenated alkanes) is 2. The molecule has 2 aliphatic rings. The third-order valence-corrected chi connectivity index (χ3v) is 6.75. The topological polar surface area (TPSA) is 0 Å². The maximum Gasteiger partial charge on any atom is 0.166 e. The maximum atomic E-state index is 14.9. The van der Waals surface area contributed by atoms with Crippen LogP contribution in [0, 0.1) is 23.5 Å². The fourth-order valence-electron chi connectivity index (χ4n) is 4.82. The minimum Gasteiger partial charge on any atom is -0.203 e. The van der Waals surface area contributed by atoms with Crippen LogP contribution in [-0.2, 0) is 0 Å². The highest BCUT2D eigenvalue weighted by atomic mass is 19.2. The molecule has 154 valence electrons. The second-order valence-electron chi connectivity index (χ2n) is 8.81. The van der Waals surface area contributed by atoms with Crippen LogP contribution in [0.25, 0.3) is 11.1 Å². The Bertz CT molecular complexity index is 652. The van der Waals surface area contributed by atoms with E-state index in [1.165, 1.54) is 38.5 Å². The van der Waals surface area contributed by atoms with Crippen molar-refractivity contribution >= 4 is 11.1 Å². The van der Waals surface area contributed by atoms with E-state index in [-0.39, 0.29) is 0 Å². The van der Waals surface area contributed by atoms with Crippen LogP contribution in [0.15, 0.2) is 24.3 Å². The zero-order valence-corrected chi connectivity index (χ0v) is 17.7. The van der Waals surface area contributed by atoms with E-state index in [1.807, 2.05) is 12.1 Å². The van der Waals surface area contributed by atoms with Crippen molar-refractivity contribution in [2.24, 2.45) is 11.8 Å². The summed E-state index contributed by atoms with van der Waals surface area (Å²) >= 11 is 0. The van der Waals surface area contributed by atoms with Crippen LogP contribution in [0.4, 0.5) is 8.78 Å². The molecule has 2 unspecified atom stereocenters. The van der Waals surface area contributed by atoms with Crippen molar-refractivity contribution in [2.45, 2.75) is 90.9 Å². The van der Waals surface area contributed by atoms with Crippen LogP contribution in [0.1, 0.15) is 102 Å². The Morgan fingerprint density at radius 2 is 1.18 bits per heavy atom. The van der Waals surface area contributed by atoms with E-state index in [1.54, 1.807) is 0 Å². The van der Waals surface area contributed by atoms with Gasteiger partial charge in [-0.1, -0.05) is 76.7 Å². The SMILES string of the molecule is CCCCC1CC=C(c2ccc(C3=CCC(CCCC)CC3)c(F)c2F)CC1. The fourth-order valence-corrected chi connectivity index (χ4v) is 4.82. The number of rotatable bonds is 8. The zero-order chi connectivity index (χ0) is 19.9. The summed E-state index contributed by atoms with van der Waals surface area (Å²) in [6, 6.07) is 3.63. The van der Waals surface area contributed by atoms with Gasteiger partial charge in [0.05, 0.1) is 0 Å². The zero-order valence-electron chi connectivity index (χ0n) is 17.7. The summed E-state index contributed by atoms with van der Waals surface area (Å²) in [5.74, 6) is 0.127. The quantitative estimate of drug-likeness (QED) is 0.419. The molecule has 1 aromatic rings. The number of halogens is 2. The summed E-state index contributed by atoms with van der Waals surface area (Å²) < 4.78 is 29.8. The van der Waals surface area contributed by atoms with E-state index in [9.17, 15) is 8.78 Å². The van der Waals surface area contributed by atoms with Crippen LogP contribution >= 0.6 is 0 Å². The Hall–Kier alpha value is -1.44. The number of hydrogen-bond acceptors (Lipinski definition) is 0. The Balaban J connectivity index is 1.70. The van der Waals surface area contributed by atoms with Gasteiger partial charge < -0.3 is 0 Å². The molecular weight excluding hydrogens is 350 g/mol. The molecule has 2 heteroatoms. The molecule has 0 radical (unpaired) electrons. The normalized spacial score (nSPS) is 22.7.